The molecule has 0 heterocycles. The normalized spacial score (nSPS) is 15.1. The van der Waals surface area contributed by atoms with Crippen LogP contribution in [0.4, 0.5) is 0 Å². The van der Waals surface area contributed by atoms with Crippen LogP contribution in [0.2, 0.25) is 0 Å². The fraction of sp³-hybridized carbons (Fsp3) is 0.600. The highest BCUT2D eigenvalue weighted by atomic mass is 32.2. The molecule has 1 unspecified atom stereocenters. The predicted octanol–water partition coefficient (Wildman–Crippen LogP) is 1.29. The van der Waals surface area contributed by atoms with Crippen LogP contribution in [0.5, 0.6) is 0 Å². The van der Waals surface area contributed by atoms with E-state index in [0.717, 1.165) is 5.75 Å². The molecule has 0 saturated carbocycles. The van der Waals surface area contributed by atoms with Crippen molar-refractivity contribution in [1.29, 1.82) is 0 Å². The van der Waals surface area contributed by atoms with E-state index in [4.69, 9.17) is 0 Å². The van der Waals surface area contributed by atoms with Gasteiger partial charge in [0, 0.05) is 16.6 Å². The van der Waals surface area contributed by atoms with Crippen LogP contribution in [-0.4, -0.2) is 9.96 Å². The first-order valence-electron chi connectivity index (χ1n) is 2.31. The van der Waals surface area contributed by atoms with Crippen molar-refractivity contribution in [3.63, 3.8) is 0 Å². The van der Waals surface area contributed by atoms with Gasteiger partial charge in [-0.3, -0.25) is 4.21 Å². The summed E-state index contributed by atoms with van der Waals surface area (Å²) >= 11 is 0. The molecular formula is C5H10OS. The van der Waals surface area contributed by atoms with E-state index in [0.29, 0.717) is 0 Å². The molecule has 42 valence electrons. The monoisotopic (exact) mass is 118 g/mol. The van der Waals surface area contributed by atoms with Crippen LogP contribution in [0.3, 0.4) is 0 Å². The highest BCUT2D eigenvalue weighted by molar-refractivity contribution is 7.87. The van der Waals surface area contributed by atoms with Gasteiger partial charge in [0.25, 0.3) is 0 Å². The summed E-state index contributed by atoms with van der Waals surface area (Å²) in [6.45, 7) is 3.77. The van der Waals surface area contributed by atoms with Gasteiger partial charge in [0.15, 0.2) is 0 Å². The third kappa shape index (κ3) is 3.73. The molecule has 0 aliphatic heterocycles. The maximum absolute atomic E-state index is 10.4. The number of allylic oxidation sites excluding steroid dienone is 1. The van der Waals surface area contributed by atoms with E-state index in [1.54, 1.807) is 11.5 Å². The Labute approximate surface area is 46.9 Å². The first kappa shape index (κ1) is 6.89. The fourth-order valence-electron chi connectivity index (χ4n) is 0.248. The highest BCUT2D eigenvalue weighted by Crippen LogP contribution is 1.80. The summed E-state index contributed by atoms with van der Waals surface area (Å²) in [5, 5.41) is 1.69. The van der Waals surface area contributed by atoms with Gasteiger partial charge in [0.2, 0.25) is 0 Å². The molecule has 2 heteroatoms. The van der Waals surface area contributed by atoms with Gasteiger partial charge < -0.3 is 0 Å². The Kier molecular flexibility index (Phi) is 4.00. The minimum atomic E-state index is -0.708. The Balaban J connectivity index is 3.37. The third-order valence-electron chi connectivity index (χ3n) is 0.572. The first-order chi connectivity index (χ1) is 3.31. The van der Waals surface area contributed by atoms with Crippen LogP contribution in [0.25, 0.3) is 0 Å². The Hall–Kier alpha value is -0.110. The Morgan fingerprint density at radius 3 is 2.43 bits per heavy atom. The predicted molar refractivity (Wildman–Crippen MR) is 33.5 cm³/mol. The zero-order valence-electron chi connectivity index (χ0n) is 4.68. The van der Waals surface area contributed by atoms with E-state index in [1.807, 2.05) is 13.8 Å². The summed E-state index contributed by atoms with van der Waals surface area (Å²) in [5.74, 6) is 0.727. The van der Waals surface area contributed by atoms with Crippen molar-refractivity contribution in [2.24, 2.45) is 0 Å². The molecular weight excluding hydrogens is 108 g/mol. The molecule has 0 bridgehead atoms. The quantitative estimate of drug-likeness (QED) is 0.534. The molecule has 0 rings (SSSR count). The molecule has 0 amide bonds. The van der Waals surface area contributed by atoms with Crippen LogP contribution < -0.4 is 0 Å². The molecule has 0 N–H and O–H groups in total. The Bertz CT molecular complexity index is 86.1. The first-order valence-corrected chi connectivity index (χ1v) is 3.69. The average Bonchev–Trinajstić information content (AvgIpc) is 1.68. The maximum Gasteiger partial charge on any atom is 0.0449 e. The van der Waals surface area contributed by atoms with Gasteiger partial charge in [-0.1, -0.05) is 13.0 Å². The Morgan fingerprint density at radius 2 is 2.29 bits per heavy atom. The summed E-state index contributed by atoms with van der Waals surface area (Å²) in [6.07, 6.45) is 1.81. The third-order valence-corrected chi connectivity index (χ3v) is 1.72. The van der Waals surface area contributed by atoms with Crippen LogP contribution in [0, 0.1) is 0 Å². The van der Waals surface area contributed by atoms with Gasteiger partial charge in [-0.25, -0.2) is 0 Å². The van der Waals surface area contributed by atoms with Crippen molar-refractivity contribution in [1.82, 2.24) is 0 Å². The van der Waals surface area contributed by atoms with Gasteiger partial charge in [0.05, 0.1) is 0 Å². The molecule has 0 aromatic heterocycles. The second-order valence-electron chi connectivity index (χ2n) is 1.14. The number of hydrogen-bond donors (Lipinski definition) is 0. The van der Waals surface area contributed by atoms with E-state index < -0.39 is 10.8 Å². The lowest BCUT2D eigenvalue weighted by Gasteiger charge is -1.80. The molecule has 1 nitrogen and oxygen atoms in total. The fourth-order valence-corrected chi connectivity index (χ4v) is 0.744. The van der Waals surface area contributed by atoms with E-state index in [9.17, 15) is 4.21 Å². The molecule has 0 saturated heterocycles. The second-order valence-corrected chi connectivity index (χ2v) is 2.75. The molecule has 0 fully saturated rings. The van der Waals surface area contributed by atoms with Crippen molar-refractivity contribution in [3.05, 3.63) is 11.5 Å². The SMILES string of the molecule is CC=CS(=O)CC. The van der Waals surface area contributed by atoms with Gasteiger partial charge in [-0.2, -0.15) is 0 Å². The number of hydrogen-bond acceptors (Lipinski definition) is 1. The minimum Gasteiger partial charge on any atom is -0.255 e. The summed E-state index contributed by atoms with van der Waals surface area (Å²) in [4.78, 5) is 0. The molecule has 1 atom stereocenters. The van der Waals surface area contributed by atoms with E-state index in [1.165, 1.54) is 0 Å². The molecule has 0 aromatic carbocycles. The average molecular weight is 118 g/mol. The molecule has 0 spiro atoms. The lowest BCUT2D eigenvalue weighted by Crippen LogP contribution is -1.83. The van der Waals surface area contributed by atoms with Crippen LogP contribution in [-0.2, 0) is 10.8 Å². The molecule has 0 aliphatic rings. The van der Waals surface area contributed by atoms with Crippen molar-refractivity contribution >= 4 is 10.8 Å². The molecule has 0 aromatic rings. The van der Waals surface area contributed by atoms with Gasteiger partial charge in [-0.05, 0) is 12.3 Å². The molecule has 0 aliphatic carbocycles. The standard InChI is InChI=1S/C5H10OS/c1-3-5-7(6)4-2/h3,5H,4H2,1-2H3. The van der Waals surface area contributed by atoms with E-state index in [2.05, 4.69) is 0 Å². The highest BCUT2D eigenvalue weighted by Gasteiger charge is 1.80. The van der Waals surface area contributed by atoms with Crippen molar-refractivity contribution < 1.29 is 4.21 Å². The van der Waals surface area contributed by atoms with Crippen LogP contribution >= 0.6 is 0 Å². The largest absolute Gasteiger partial charge is 0.255 e. The summed E-state index contributed by atoms with van der Waals surface area (Å²) < 4.78 is 10.4. The van der Waals surface area contributed by atoms with Crippen LogP contribution in [0.15, 0.2) is 11.5 Å². The molecule has 7 heavy (non-hydrogen) atoms. The number of rotatable bonds is 2. The lowest BCUT2D eigenvalue weighted by atomic mass is 10.8. The minimum absolute atomic E-state index is 0.708. The molecule has 0 radical (unpaired) electrons. The van der Waals surface area contributed by atoms with E-state index in [-0.39, 0.29) is 0 Å². The van der Waals surface area contributed by atoms with Crippen molar-refractivity contribution in [3.8, 4) is 0 Å². The van der Waals surface area contributed by atoms with Crippen molar-refractivity contribution in [2.75, 3.05) is 5.75 Å². The summed E-state index contributed by atoms with van der Waals surface area (Å²) in [5.41, 5.74) is 0. The zero-order valence-corrected chi connectivity index (χ0v) is 5.49. The van der Waals surface area contributed by atoms with Gasteiger partial charge in [-0.15, -0.1) is 0 Å². The zero-order chi connectivity index (χ0) is 5.70. The van der Waals surface area contributed by atoms with Crippen molar-refractivity contribution in [2.45, 2.75) is 13.8 Å². The lowest BCUT2D eigenvalue weighted by molar-refractivity contribution is 0.689. The van der Waals surface area contributed by atoms with Crippen LogP contribution in [0.1, 0.15) is 13.8 Å². The van der Waals surface area contributed by atoms with E-state index >= 15 is 0 Å². The smallest absolute Gasteiger partial charge is 0.0449 e. The van der Waals surface area contributed by atoms with Gasteiger partial charge >= 0.3 is 0 Å². The second kappa shape index (κ2) is 4.06. The maximum atomic E-state index is 10.4. The Morgan fingerprint density at radius 1 is 1.71 bits per heavy atom. The summed E-state index contributed by atoms with van der Waals surface area (Å²) in [7, 11) is -0.708. The topological polar surface area (TPSA) is 17.1 Å². The van der Waals surface area contributed by atoms with Gasteiger partial charge in [0.1, 0.15) is 0 Å². The summed E-state index contributed by atoms with van der Waals surface area (Å²) in [6, 6.07) is 0.